The lowest BCUT2D eigenvalue weighted by Crippen LogP contribution is -2.60. The largest absolute Gasteiger partial charge is 0.466 e. The number of hydrogen-bond acceptors (Lipinski definition) is 4. The van der Waals surface area contributed by atoms with Gasteiger partial charge in [0.15, 0.2) is 0 Å². The predicted octanol–water partition coefficient (Wildman–Crippen LogP) is 2.94. The van der Waals surface area contributed by atoms with Crippen molar-refractivity contribution in [1.29, 1.82) is 0 Å². The number of rotatable bonds is 9. The fourth-order valence-electron chi connectivity index (χ4n) is 7.63. The van der Waals surface area contributed by atoms with Crippen LogP contribution in [0.25, 0.3) is 0 Å². The summed E-state index contributed by atoms with van der Waals surface area (Å²) in [5, 5.41) is 0. The summed E-state index contributed by atoms with van der Waals surface area (Å²) in [6.45, 7) is 5.27. The molecule has 2 amide bonds. The Kier molecular flexibility index (Phi) is 4.85. The highest BCUT2D eigenvalue weighted by Gasteiger charge is 2.82. The number of hydrogen-bond donors (Lipinski definition) is 2. The minimum Gasteiger partial charge on any atom is -0.466 e. The summed E-state index contributed by atoms with van der Waals surface area (Å²) in [6.07, 6.45) is 11.8. The molecule has 0 aromatic carbocycles. The molecule has 0 unspecified atom stereocenters. The molecule has 2 heterocycles. The Bertz CT molecular complexity index is 911. The monoisotopic (exact) mass is 425 g/mol. The molecule has 6 nitrogen and oxygen atoms in total. The average molecular weight is 426 g/mol. The fourth-order valence-corrected chi connectivity index (χ4v) is 7.63. The lowest BCUT2D eigenvalue weighted by Gasteiger charge is -2.47. The SMILES string of the molecule is Cc1ccc(C[C@@]2(C(N)=O)[C@H]3C=C[C@H](C34CC4)[C@@]2(CCCCN2CCCC2)C(N)=O)o1. The summed E-state index contributed by atoms with van der Waals surface area (Å²) in [5.74, 6) is 0.708. The van der Waals surface area contributed by atoms with Gasteiger partial charge in [0.25, 0.3) is 0 Å². The van der Waals surface area contributed by atoms with Gasteiger partial charge in [-0.25, -0.2) is 0 Å². The average Bonchev–Trinajstić information content (AvgIpc) is 3.02. The molecular weight excluding hydrogens is 390 g/mol. The van der Waals surface area contributed by atoms with Gasteiger partial charge in [0.05, 0.1) is 10.8 Å². The maximum Gasteiger partial charge on any atom is 0.225 e. The molecule has 2 bridgehead atoms. The third-order valence-corrected chi connectivity index (χ3v) is 9.04. The minimum absolute atomic E-state index is 0.00199. The second-order valence-corrected chi connectivity index (χ2v) is 10.4. The number of amides is 2. The Labute approximate surface area is 184 Å². The maximum atomic E-state index is 13.3. The van der Waals surface area contributed by atoms with Gasteiger partial charge in [0.1, 0.15) is 11.5 Å². The Balaban J connectivity index is 1.50. The van der Waals surface area contributed by atoms with E-state index in [9.17, 15) is 9.59 Å². The van der Waals surface area contributed by atoms with Crippen LogP contribution in [0.1, 0.15) is 56.5 Å². The molecule has 2 saturated carbocycles. The molecule has 1 saturated heterocycles. The van der Waals surface area contributed by atoms with Crippen LogP contribution in [0.5, 0.6) is 0 Å². The number of carbonyl (C=O) groups excluding carboxylic acids is 2. The van der Waals surface area contributed by atoms with E-state index < -0.39 is 16.7 Å². The summed E-state index contributed by atoms with van der Waals surface area (Å²) >= 11 is 0. The van der Waals surface area contributed by atoms with E-state index in [4.69, 9.17) is 15.9 Å². The highest BCUT2D eigenvalue weighted by Crippen LogP contribution is 2.81. The van der Waals surface area contributed by atoms with Crippen molar-refractivity contribution in [2.75, 3.05) is 19.6 Å². The number of carbonyl (C=O) groups is 2. The number of aryl methyl sites for hydroxylation is 1. The van der Waals surface area contributed by atoms with Crippen LogP contribution in [0.3, 0.4) is 0 Å². The summed E-state index contributed by atoms with van der Waals surface area (Å²) in [5.41, 5.74) is 10.4. The second-order valence-electron chi connectivity index (χ2n) is 10.4. The molecule has 6 heteroatoms. The zero-order valence-electron chi connectivity index (χ0n) is 18.6. The summed E-state index contributed by atoms with van der Waals surface area (Å²) < 4.78 is 5.89. The van der Waals surface area contributed by atoms with E-state index in [0.29, 0.717) is 12.8 Å². The molecule has 4 N–H and O–H groups in total. The third-order valence-electron chi connectivity index (χ3n) is 9.04. The topological polar surface area (TPSA) is 103 Å². The second kappa shape index (κ2) is 7.22. The zero-order chi connectivity index (χ0) is 21.9. The van der Waals surface area contributed by atoms with Crippen molar-refractivity contribution < 1.29 is 14.0 Å². The van der Waals surface area contributed by atoms with Crippen LogP contribution in [0.4, 0.5) is 0 Å². The first-order chi connectivity index (χ1) is 14.9. The van der Waals surface area contributed by atoms with E-state index in [1.807, 2.05) is 19.1 Å². The van der Waals surface area contributed by atoms with E-state index >= 15 is 0 Å². The van der Waals surface area contributed by atoms with Gasteiger partial charge < -0.3 is 20.8 Å². The third kappa shape index (κ3) is 2.80. The Morgan fingerprint density at radius 3 is 2.23 bits per heavy atom. The molecule has 4 atom stereocenters. The van der Waals surface area contributed by atoms with Crippen LogP contribution in [-0.4, -0.2) is 36.3 Å². The standard InChI is InChI=1S/C25H35N3O3/c1-17-6-7-18(31-17)16-25(22(27)30)20-9-8-19(23(20)11-12-23)24(25,21(26)29)10-2-3-13-28-14-4-5-15-28/h6-9,19-20H,2-5,10-16H2,1H3,(H2,26,29)(H2,27,30)/t19-,20+,24+,25+/m1/s1. The van der Waals surface area contributed by atoms with Gasteiger partial charge in [-0.15, -0.1) is 0 Å². The van der Waals surface area contributed by atoms with Crippen molar-refractivity contribution in [3.05, 3.63) is 35.8 Å². The lowest BCUT2D eigenvalue weighted by molar-refractivity contribution is -0.152. The van der Waals surface area contributed by atoms with Crippen molar-refractivity contribution in [2.45, 2.75) is 58.3 Å². The number of likely N-dealkylation sites (tertiary alicyclic amines) is 1. The quantitative estimate of drug-likeness (QED) is 0.469. The highest BCUT2D eigenvalue weighted by molar-refractivity contribution is 5.95. The van der Waals surface area contributed by atoms with Gasteiger partial charge in [-0.2, -0.15) is 0 Å². The predicted molar refractivity (Wildman–Crippen MR) is 118 cm³/mol. The first kappa shape index (κ1) is 20.8. The molecule has 3 aliphatic carbocycles. The van der Waals surface area contributed by atoms with Crippen molar-refractivity contribution in [2.24, 2.45) is 39.5 Å². The summed E-state index contributed by atoms with van der Waals surface area (Å²) in [7, 11) is 0. The van der Waals surface area contributed by atoms with Gasteiger partial charge in [-0.1, -0.05) is 18.6 Å². The number of nitrogens with two attached hydrogens (primary N) is 2. The molecule has 4 aliphatic rings. The molecule has 5 rings (SSSR count). The molecule has 3 fully saturated rings. The summed E-state index contributed by atoms with van der Waals surface area (Å²) in [6, 6.07) is 3.82. The molecule has 31 heavy (non-hydrogen) atoms. The number of nitrogens with zero attached hydrogens (tertiary/aromatic N) is 1. The van der Waals surface area contributed by atoms with Gasteiger partial charge >= 0.3 is 0 Å². The molecular formula is C25H35N3O3. The maximum absolute atomic E-state index is 13.3. The number of furan rings is 1. The van der Waals surface area contributed by atoms with Crippen LogP contribution in [0.15, 0.2) is 28.7 Å². The van der Waals surface area contributed by atoms with Crippen LogP contribution in [0.2, 0.25) is 0 Å². The van der Waals surface area contributed by atoms with Crippen molar-refractivity contribution in [3.8, 4) is 0 Å². The van der Waals surface area contributed by atoms with E-state index in [1.54, 1.807) is 0 Å². The first-order valence-electron chi connectivity index (χ1n) is 11.9. The van der Waals surface area contributed by atoms with Crippen LogP contribution in [-0.2, 0) is 16.0 Å². The van der Waals surface area contributed by atoms with Crippen molar-refractivity contribution in [3.63, 3.8) is 0 Å². The van der Waals surface area contributed by atoms with Crippen LogP contribution < -0.4 is 11.5 Å². The molecule has 1 aromatic rings. The normalized spacial score (nSPS) is 35.3. The lowest BCUT2D eigenvalue weighted by atomic mass is 9.53. The summed E-state index contributed by atoms with van der Waals surface area (Å²) in [4.78, 5) is 29.2. The van der Waals surface area contributed by atoms with Crippen LogP contribution >= 0.6 is 0 Å². The molecule has 0 radical (unpaired) electrons. The van der Waals surface area contributed by atoms with E-state index in [-0.39, 0.29) is 23.2 Å². The van der Waals surface area contributed by atoms with E-state index in [2.05, 4.69) is 17.1 Å². The highest BCUT2D eigenvalue weighted by atomic mass is 16.3. The van der Waals surface area contributed by atoms with Crippen molar-refractivity contribution >= 4 is 11.8 Å². The number of unbranched alkanes of at least 4 members (excludes halogenated alkanes) is 1. The number of allylic oxidation sites excluding steroid dienone is 2. The smallest absolute Gasteiger partial charge is 0.225 e. The molecule has 1 aromatic heterocycles. The van der Waals surface area contributed by atoms with E-state index in [0.717, 1.165) is 43.7 Å². The fraction of sp³-hybridized carbons (Fsp3) is 0.680. The van der Waals surface area contributed by atoms with Crippen LogP contribution in [0, 0.1) is 35.0 Å². The van der Waals surface area contributed by atoms with Gasteiger partial charge in [-0.3, -0.25) is 9.59 Å². The van der Waals surface area contributed by atoms with E-state index in [1.165, 1.54) is 25.9 Å². The first-order valence-corrected chi connectivity index (χ1v) is 11.9. The number of primary amides is 2. The van der Waals surface area contributed by atoms with Crippen molar-refractivity contribution in [1.82, 2.24) is 4.90 Å². The van der Waals surface area contributed by atoms with Gasteiger partial charge in [-0.05, 0) is 94.5 Å². The molecule has 1 spiro atoms. The zero-order valence-corrected chi connectivity index (χ0v) is 18.6. The Morgan fingerprint density at radius 1 is 1.03 bits per heavy atom. The van der Waals surface area contributed by atoms with Gasteiger partial charge in [0.2, 0.25) is 11.8 Å². The molecule has 168 valence electrons. The Morgan fingerprint density at radius 2 is 1.68 bits per heavy atom. The molecule has 1 aliphatic heterocycles. The van der Waals surface area contributed by atoms with Gasteiger partial charge in [0, 0.05) is 6.42 Å². The minimum atomic E-state index is -1.02. The Hall–Kier alpha value is -2.08.